The van der Waals surface area contributed by atoms with Gasteiger partial charge in [0.2, 0.25) is 0 Å². The van der Waals surface area contributed by atoms with Crippen LogP contribution >= 0.6 is 22.7 Å². The van der Waals surface area contributed by atoms with E-state index in [0.29, 0.717) is 23.3 Å². The Morgan fingerprint density at radius 3 is 1.38 bits per heavy atom. The van der Waals surface area contributed by atoms with Gasteiger partial charge in [-0.15, -0.1) is 22.7 Å². The van der Waals surface area contributed by atoms with Gasteiger partial charge in [-0.3, -0.25) is 0 Å². The minimum atomic E-state index is 0. The third-order valence-electron chi connectivity index (χ3n) is 5.96. The number of nitrogens with two attached hydrogens (primary N) is 2. The van der Waals surface area contributed by atoms with E-state index in [1.54, 1.807) is 35.1 Å². The first-order chi connectivity index (χ1) is 17.2. The molecule has 0 aliphatic rings. The number of nitrogen functional groups attached to an aromatic ring is 2. The van der Waals surface area contributed by atoms with Gasteiger partial charge in [0.1, 0.15) is 23.3 Å². The number of aliphatic hydroxyl groups is 2. The Bertz CT molecular complexity index is 1210. The van der Waals surface area contributed by atoms with Crippen LogP contribution in [0.2, 0.25) is 0 Å². The summed E-state index contributed by atoms with van der Waals surface area (Å²) in [5.74, 6) is 2.49. The maximum absolute atomic E-state index is 8.98. The molecule has 0 atom stereocenters. The van der Waals surface area contributed by atoms with Gasteiger partial charge in [0.05, 0.1) is 0 Å². The quantitative estimate of drug-likeness (QED) is 0.262. The average Bonchev–Trinajstić information content (AvgIpc) is 3.35. The molecule has 9 nitrogen and oxygen atoms in total. The molecule has 0 fully saturated rings. The summed E-state index contributed by atoms with van der Waals surface area (Å²) in [7, 11) is 0. The topological polar surface area (TPSA) is 176 Å². The molecule has 4 rings (SSSR count). The Kier molecular flexibility index (Phi) is 11.5. The van der Waals surface area contributed by atoms with E-state index in [1.165, 1.54) is 32.0 Å². The highest BCUT2D eigenvalue weighted by Gasteiger charge is 2.11. The second-order valence-corrected chi connectivity index (χ2v) is 10.5. The molecule has 0 aliphatic heterocycles. The van der Waals surface area contributed by atoms with Crippen molar-refractivity contribution in [3.63, 3.8) is 0 Å². The Labute approximate surface area is 225 Å². The minimum absolute atomic E-state index is 0. The number of anilines is 2. The van der Waals surface area contributed by atoms with E-state index in [-0.39, 0.29) is 18.7 Å². The first kappa shape index (κ1) is 30.3. The van der Waals surface area contributed by atoms with Gasteiger partial charge in [-0.1, -0.05) is 0 Å². The van der Waals surface area contributed by atoms with Gasteiger partial charge in [0.15, 0.2) is 0 Å². The van der Waals surface area contributed by atoms with Gasteiger partial charge in [0, 0.05) is 72.2 Å². The lowest BCUT2D eigenvalue weighted by molar-refractivity contribution is 0.300. The molecule has 4 aromatic rings. The molecule has 0 amide bonds. The van der Waals surface area contributed by atoms with Crippen LogP contribution in [-0.2, 0) is 25.7 Å². The zero-order valence-corrected chi connectivity index (χ0v) is 23.3. The van der Waals surface area contributed by atoms with Gasteiger partial charge in [-0.25, -0.2) is 19.9 Å². The molecule has 0 aliphatic carbocycles. The molecule has 0 spiro atoms. The molecule has 37 heavy (non-hydrogen) atoms. The Morgan fingerprint density at radius 1 is 0.676 bits per heavy atom. The molecule has 0 radical (unpaired) electrons. The fourth-order valence-electron chi connectivity index (χ4n) is 3.75. The van der Waals surface area contributed by atoms with Gasteiger partial charge in [-0.05, 0) is 60.7 Å². The van der Waals surface area contributed by atoms with Gasteiger partial charge in [0.25, 0.3) is 0 Å². The van der Waals surface area contributed by atoms with Crippen LogP contribution in [0.1, 0.15) is 54.8 Å². The summed E-state index contributed by atoms with van der Waals surface area (Å²) in [5.41, 5.74) is 18.7. The molecule has 0 bridgehead atoms. The van der Waals surface area contributed by atoms with Gasteiger partial charge in [-0.2, -0.15) is 0 Å². The second-order valence-electron chi connectivity index (χ2n) is 8.57. The van der Waals surface area contributed by atoms with Crippen LogP contribution in [0.15, 0.2) is 23.2 Å². The lowest BCUT2D eigenvalue weighted by Gasteiger charge is -2.05. The number of aryl methyl sites for hydroxylation is 2. The lowest BCUT2D eigenvalue weighted by atomic mass is 10.0. The van der Waals surface area contributed by atoms with Crippen LogP contribution in [0.4, 0.5) is 11.6 Å². The normalized spacial score (nSPS) is 10.5. The third-order valence-corrected chi connectivity index (χ3v) is 8.36. The van der Waals surface area contributed by atoms with Crippen molar-refractivity contribution in [1.29, 1.82) is 0 Å². The average molecular weight is 545 g/mol. The summed E-state index contributed by atoms with van der Waals surface area (Å²) in [5, 5.41) is 22.2. The fourth-order valence-corrected chi connectivity index (χ4v) is 5.87. The van der Waals surface area contributed by atoms with Crippen LogP contribution < -0.4 is 11.5 Å². The number of rotatable bonds is 8. The van der Waals surface area contributed by atoms with E-state index in [4.69, 9.17) is 21.7 Å². The monoisotopic (exact) mass is 544 g/mol. The Hall–Kier alpha value is -2.96. The molecule has 200 valence electrons. The van der Waals surface area contributed by atoms with E-state index in [9.17, 15) is 0 Å². The van der Waals surface area contributed by atoms with Crippen LogP contribution in [0, 0.1) is 27.7 Å². The lowest BCUT2D eigenvalue weighted by Crippen LogP contribution is -2.02. The molecule has 8 N–H and O–H groups in total. The van der Waals surface area contributed by atoms with Crippen molar-refractivity contribution in [2.75, 3.05) is 24.7 Å². The SMILES string of the molecule is Cc1ncc(Cc2csc(CCO)c2C)c(N)n1.Cc1ncc(Cc2csc(CCO)c2C)c(N)n1.O. The smallest absolute Gasteiger partial charge is 0.130 e. The fraction of sp³-hybridized carbons (Fsp3) is 0.385. The minimum Gasteiger partial charge on any atom is -0.412 e. The van der Waals surface area contributed by atoms with Crippen molar-refractivity contribution in [3.8, 4) is 0 Å². The number of hydrogen-bond donors (Lipinski definition) is 4. The molecule has 11 heteroatoms. The number of nitrogens with zero attached hydrogens (tertiary/aromatic N) is 4. The number of aromatic nitrogens is 4. The molecule has 0 aromatic carbocycles. The van der Waals surface area contributed by atoms with Crippen LogP contribution in [-0.4, -0.2) is 48.8 Å². The van der Waals surface area contributed by atoms with Crippen LogP contribution in [0.3, 0.4) is 0 Å². The summed E-state index contributed by atoms with van der Waals surface area (Å²) in [6, 6.07) is 0. The standard InChI is InChI=1S/2C13H17N3OS.H2O/c2*1-8-11(7-18-12(8)3-4-17)5-10-6-15-9(2)16-13(10)14;/h2*6-7,17H,3-5H2,1-2H3,(H2,14,15,16);1H2. The summed E-state index contributed by atoms with van der Waals surface area (Å²) < 4.78 is 0. The zero-order valence-electron chi connectivity index (χ0n) is 21.7. The van der Waals surface area contributed by atoms with Crippen molar-refractivity contribution < 1.29 is 15.7 Å². The summed E-state index contributed by atoms with van der Waals surface area (Å²) in [4.78, 5) is 19.2. The van der Waals surface area contributed by atoms with Crippen molar-refractivity contribution in [2.24, 2.45) is 0 Å². The predicted molar refractivity (Wildman–Crippen MR) is 151 cm³/mol. The van der Waals surface area contributed by atoms with E-state index < -0.39 is 0 Å². The van der Waals surface area contributed by atoms with Crippen molar-refractivity contribution in [3.05, 3.63) is 77.9 Å². The summed E-state index contributed by atoms with van der Waals surface area (Å²) in [6.45, 7) is 8.21. The van der Waals surface area contributed by atoms with E-state index in [2.05, 4.69) is 44.5 Å². The van der Waals surface area contributed by atoms with Crippen molar-refractivity contribution in [2.45, 2.75) is 53.4 Å². The largest absolute Gasteiger partial charge is 0.412 e. The van der Waals surface area contributed by atoms with Gasteiger partial charge < -0.3 is 27.2 Å². The van der Waals surface area contributed by atoms with Crippen molar-refractivity contribution >= 4 is 34.3 Å². The highest BCUT2D eigenvalue weighted by Crippen LogP contribution is 2.26. The number of aliphatic hydroxyl groups excluding tert-OH is 2. The number of hydrogen-bond acceptors (Lipinski definition) is 10. The van der Waals surface area contributed by atoms with Crippen LogP contribution in [0.25, 0.3) is 0 Å². The molecular weight excluding hydrogens is 508 g/mol. The van der Waals surface area contributed by atoms with Crippen molar-refractivity contribution in [1.82, 2.24) is 19.9 Å². The maximum Gasteiger partial charge on any atom is 0.130 e. The number of thiophene rings is 2. The van der Waals surface area contributed by atoms with E-state index >= 15 is 0 Å². The Morgan fingerprint density at radius 2 is 1.05 bits per heavy atom. The molecule has 0 unspecified atom stereocenters. The van der Waals surface area contributed by atoms with Gasteiger partial charge >= 0.3 is 0 Å². The predicted octanol–water partition coefficient (Wildman–Crippen LogP) is 2.90. The highest BCUT2D eigenvalue weighted by atomic mass is 32.1. The first-order valence-corrected chi connectivity index (χ1v) is 13.5. The highest BCUT2D eigenvalue weighted by molar-refractivity contribution is 7.10. The molecular formula is C26H36N6O3S2. The molecule has 4 aromatic heterocycles. The second kappa shape index (κ2) is 14.1. The zero-order chi connectivity index (χ0) is 26.2. The first-order valence-electron chi connectivity index (χ1n) is 11.7. The van der Waals surface area contributed by atoms with E-state index in [0.717, 1.165) is 36.8 Å². The maximum atomic E-state index is 8.98. The van der Waals surface area contributed by atoms with Crippen LogP contribution in [0.5, 0.6) is 0 Å². The molecule has 4 heterocycles. The summed E-state index contributed by atoms with van der Waals surface area (Å²) >= 11 is 3.37. The third kappa shape index (κ3) is 8.01. The summed E-state index contributed by atoms with van der Waals surface area (Å²) in [6.07, 6.45) is 6.52. The molecule has 0 saturated heterocycles. The molecule has 0 saturated carbocycles. The Balaban J connectivity index is 0.000000253. The van der Waals surface area contributed by atoms with E-state index in [1.807, 2.05) is 13.8 Å².